The van der Waals surface area contributed by atoms with Crippen molar-refractivity contribution in [3.63, 3.8) is 0 Å². The van der Waals surface area contributed by atoms with E-state index in [4.69, 9.17) is 0 Å². The molecule has 0 N–H and O–H groups in total. The van der Waals surface area contributed by atoms with E-state index in [9.17, 15) is 0 Å². The molecule has 1 aliphatic rings. The second-order valence-electron chi connectivity index (χ2n) is 9.76. The molecule has 0 spiro atoms. The van der Waals surface area contributed by atoms with Crippen molar-refractivity contribution in [1.29, 1.82) is 0 Å². The number of fused-ring (bicyclic) bond motifs is 8. The molecule has 0 nitrogen and oxygen atoms in total. The first kappa shape index (κ1) is 31.5. The third-order valence-electron chi connectivity index (χ3n) is 7.28. The minimum Gasteiger partial charge on any atom is -0.214 e. The molecule has 0 heterocycles. The Morgan fingerprint density at radius 2 is 1.12 bits per heavy atom. The Morgan fingerprint density at radius 3 is 1.74 bits per heavy atom. The van der Waals surface area contributed by atoms with E-state index < -0.39 is 0 Å². The van der Waals surface area contributed by atoms with E-state index in [1.165, 1.54) is 82.4 Å². The Kier molecular flexibility index (Phi) is 11.3. The van der Waals surface area contributed by atoms with Crippen molar-refractivity contribution in [2.45, 2.75) is 6.42 Å². The van der Waals surface area contributed by atoms with Crippen LogP contribution in [0.4, 0.5) is 0 Å². The van der Waals surface area contributed by atoms with Crippen LogP contribution in [0.25, 0.3) is 32.7 Å². The van der Waals surface area contributed by atoms with Gasteiger partial charge in [0.1, 0.15) is 0 Å². The van der Waals surface area contributed by atoms with Gasteiger partial charge in [0.05, 0.1) is 0 Å². The first-order chi connectivity index (χ1) is 19.8. The molecule has 0 fully saturated rings. The summed E-state index contributed by atoms with van der Waals surface area (Å²) >= 11 is 1.46. The molecule has 0 aromatic heterocycles. The Bertz CT molecular complexity index is 1820. The first-order valence-corrected chi connectivity index (χ1v) is 14.8. The smallest absolute Gasteiger partial charge is 0.0240 e. The van der Waals surface area contributed by atoms with Crippen LogP contribution in [0.1, 0.15) is 22.3 Å². The van der Waals surface area contributed by atoms with Crippen LogP contribution in [-0.4, -0.2) is 3.21 Å². The number of halogens is 2. The molecular formula is C39H28Cl2Zr-2. The number of benzene rings is 6. The molecule has 0 bridgehead atoms. The Morgan fingerprint density at radius 1 is 0.571 bits per heavy atom. The summed E-state index contributed by atoms with van der Waals surface area (Å²) in [4.78, 5) is 0. The molecule has 0 saturated carbocycles. The van der Waals surface area contributed by atoms with Crippen molar-refractivity contribution in [3.8, 4) is 11.1 Å². The molecule has 0 radical (unpaired) electrons. The molecule has 7 aromatic carbocycles. The van der Waals surface area contributed by atoms with Gasteiger partial charge >= 0.3 is 99.2 Å². The minimum atomic E-state index is 0. The third-order valence-corrected chi connectivity index (χ3v) is 8.70. The third kappa shape index (κ3) is 6.77. The largest absolute Gasteiger partial charge is 0.214 e. The molecule has 7 aromatic rings. The maximum absolute atomic E-state index is 3.48. The Hall–Kier alpha value is -3.48. The average Bonchev–Trinajstić information content (AvgIpc) is 3.75. The van der Waals surface area contributed by atoms with Crippen LogP contribution in [0, 0.1) is 6.07 Å². The minimum absolute atomic E-state index is 0. The van der Waals surface area contributed by atoms with E-state index >= 15 is 0 Å². The molecule has 0 saturated heterocycles. The summed E-state index contributed by atoms with van der Waals surface area (Å²) in [5.74, 6) is 0. The summed E-state index contributed by atoms with van der Waals surface area (Å²) in [6.45, 7) is 0. The molecule has 0 atom stereocenters. The summed E-state index contributed by atoms with van der Waals surface area (Å²) in [6, 6.07) is 58.4. The topological polar surface area (TPSA) is 0 Å². The van der Waals surface area contributed by atoms with E-state index in [2.05, 4.69) is 127 Å². The summed E-state index contributed by atoms with van der Waals surface area (Å²) in [5, 5.41) is 5.30. The van der Waals surface area contributed by atoms with Crippen molar-refractivity contribution in [1.82, 2.24) is 0 Å². The van der Waals surface area contributed by atoms with Crippen LogP contribution in [0.3, 0.4) is 0 Å². The summed E-state index contributed by atoms with van der Waals surface area (Å²) in [6.07, 6.45) is 1.02. The Labute approximate surface area is 275 Å². The monoisotopic (exact) mass is 656 g/mol. The molecular weight excluding hydrogens is 631 g/mol. The first-order valence-electron chi connectivity index (χ1n) is 13.6. The SMILES string of the molecule is [Cl-].[Cl-].[Zr+2]=[C](c1ccccc1)c1ccccc1.[c-]1cccc2c1c1c(c3ccccc32)-c2ccccc2C1.c1cc[cH-]c1. The van der Waals surface area contributed by atoms with Crippen molar-refractivity contribution >= 4 is 24.8 Å². The predicted molar refractivity (Wildman–Crippen MR) is 167 cm³/mol. The fraction of sp³-hybridized carbons (Fsp3) is 0.0256. The molecule has 0 unspecified atom stereocenters. The van der Waals surface area contributed by atoms with Crippen LogP contribution < -0.4 is 24.8 Å². The molecule has 1 aliphatic carbocycles. The van der Waals surface area contributed by atoms with E-state index in [0.717, 1.165) is 6.42 Å². The van der Waals surface area contributed by atoms with E-state index in [0.29, 0.717) is 0 Å². The van der Waals surface area contributed by atoms with Gasteiger partial charge in [0, 0.05) is 0 Å². The van der Waals surface area contributed by atoms with E-state index in [1.807, 2.05) is 36.4 Å². The zero-order chi connectivity index (χ0) is 27.1. The second kappa shape index (κ2) is 15.1. The normalized spacial score (nSPS) is 10.5. The van der Waals surface area contributed by atoms with Crippen molar-refractivity contribution < 1.29 is 49.0 Å². The zero-order valence-electron chi connectivity index (χ0n) is 23.0. The van der Waals surface area contributed by atoms with E-state index in [1.54, 1.807) is 0 Å². The summed E-state index contributed by atoms with van der Waals surface area (Å²) in [7, 11) is 0. The average molecular weight is 659 g/mol. The van der Waals surface area contributed by atoms with E-state index in [-0.39, 0.29) is 24.8 Å². The standard InChI is InChI=1S/C21H13.C13H10.C5H5.2ClH.Zr/c1-2-8-15-14(7-1)13-20-18-11-4-3-9-16(18)17-10-5-6-12-19(17)21(15)20;1-3-7-12(8-4-1)11-13-9-5-2-6-10-13;1-2-4-5-3-1;;;/h1-10,12H,13H2;1-10H;1-5H;2*1H;/q-1;;-1;;;+2/p-2. The molecule has 0 aliphatic heterocycles. The van der Waals surface area contributed by atoms with Crippen LogP contribution in [0.5, 0.6) is 0 Å². The Balaban J connectivity index is 0.000000168. The van der Waals surface area contributed by atoms with Crippen LogP contribution in [-0.2, 0) is 30.7 Å². The maximum atomic E-state index is 3.48. The molecule has 3 heteroatoms. The number of rotatable bonds is 2. The zero-order valence-corrected chi connectivity index (χ0v) is 26.9. The quantitative estimate of drug-likeness (QED) is 0.197. The van der Waals surface area contributed by atoms with Gasteiger partial charge in [0.2, 0.25) is 0 Å². The molecule has 204 valence electrons. The fourth-order valence-electron chi connectivity index (χ4n) is 5.42. The van der Waals surface area contributed by atoms with Crippen LogP contribution in [0.2, 0.25) is 0 Å². The van der Waals surface area contributed by atoms with Crippen LogP contribution in [0.15, 0.2) is 158 Å². The van der Waals surface area contributed by atoms with Gasteiger partial charge in [-0.3, -0.25) is 0 Å². The second-order valence-corrected chi connectivity index (χ2v) is 11.0. The number of hydrogen-bond donors (Lipinski definition) is 0. The van der Waals surface area contributed by atoms with Gasteiger partial charge in [-0.05, 0) is 28.5 Å². The molecule has 0 amide bonds. The van der Waals surface area contributed by atoms with Gasteiger partial charge in [-0.2, -0.15) is 18.2 Å². The fourth-order valence-corrected chi connectivity index (χ4v) is 6.24. The maximum Gasteiger partial charge on any atom is -0.0240 e. The van der Waals surface area contributed by atoms with Gasteiger partial charge in [-0.25, -0.2) is 12.1 Å². The van der Waals surface area contributed by atoms with Crippen molar-refractivity contribution in [2.75, 3.05) is 0 Å². The van der Waals surface area contributed by atoms with Gasteiger partial charge in [-0.1, -0.05) is 53.9 Å². The number of hydrogen-bond acceptors (Lipinski definition) is 0. The van der Waals surface area contributed by atoms with Crippen molar-refractivity contribution in [2.24, 2.45) is 0 Å². The molecule has 42 heavy (non-hydrogen) atoms. The predicted octanol–water partition coefficient (Wildman–Crippen LogP) is 3.58. The summed E-state index contributed by atoms with van der Waals surface area (Å²) < 4.78 is 1.42. The van der Waals surface area contributed by atoms with Gasteiger partial charge < -0.3 is 24.8 Å². The van der Waals surface area contributed by atoms with Gasteiger partial charge in [0.15, 0.2) is 0 Å². The van der Waals surface area contributed by atoms with Gasteiger partial charge in [0.25, 0.3) is 0 Å². The van der Waals surface area contributed by atoms with Gasteiger partial charge in [-0.15, -0.1) is 40.6 Å². The molecule has 8 rings (SSSR count). The summed E-state index contributed by atoms with van der Waals surface area (Å²) in [5.41, 5.74) is 8.33. The van der Waals surface area contributed by atoms with Crippen molar-refractivity contribution in [3.05, 3.63) is 186 Å². The van der Waals surface area contributed by atoms with Crippen LogP contribution >= 0.6 is 0 Å².